The molecule has 3 heteroatoms. The molecule has 1 atom stereocenters. The van der Waals surface area contributed by atoms with Crippen molar-refractivity contribution < 1.29 is 4.74 Å². The Bertz CT molecular complexity index is 429. The molecule has 0 aromatic heterocycles. The number of nitrogens with one attached hydrogen (secondary N) is 1. The van der Waals surface area contributed by atoms with Gasteiger partial charge in [0.1, 0.15) is 5.75 Å². The SMILES string of the molecule is CCCNC(CCc1ccc(OC)c(Br)c1)C1CCCC1. The Kier molecular flexibility index (Phi) is 7.05. The van der Waals surface area contributed by atoms with E-state index in [0.717, 1.165) is 29.1 Å². The van der Waals surface area contributed by atoms with E-state index in [4.69, 9.17) is 4.74 Å². The van der Waals surface area contributed by atoms with Crippen molar-refractivity contribution >= 4 is 15.9 Å². The lowest BCUT2D eigenvalue weighted by Crippen LogP contribution is -2.36. The minimum atomic E-state index is 0.688. The van der Waals surface area contributed by atoms with Gasteiger partial charge in [-0.25, -0.2) is 0 Å². The van der Waals surface area contributed by atoms with E-state index in [9.17, 15) is 0 Å². The molecule has 1 unspecified atom stereocenters. The van der Waals surface area contributed by atoms with E-state index >= 15 is 0 Å². The third-order valence-electron chi connectivity index (χ3n) is 4.59. The van der Waals surface area contributed by atoms with Gasteiger partial charge in [0.15, 0.2) is 0 Å². The van der Waals surface area contributed by atoms with Gasteiger partial charge in [0.05, 0.1) is 11.6 Å². The van der Waals surface area contributed by atoms with Crippen LogP contribution < -0.4 is 10.1 Å². The van der Waals surface area contributed by atoms with Crippen LogP contribution in [-0.4, -0.2) is 19.7 Å². The molecule has 0 spiro atoms. The molecule has 0 aliphatic heterocycles. The van der Waals surface area contributed by atoms with Crippen molar-refractivity contribution in [2.24, 2.45) is 5.92 Å². The van der Waals surface area contributed by atoms with E-state index in [1.165, 1.54) is 44.1 Å². The first-order valence-corrected chi connectivity index (χ1v) is 9.09. The van der Waals surface area contributed by atoms with Crippen molar-refractivity contribution in [1.29, 1.82) is 0 Å². The van der Waals surface area contributed by atoms with E-state index < -0.39 is 0 Å². The van der Waals surface area contributed by atoms with E-state index in [1.54, 1.807) is 7.11 Å². The summed E-state index contributed by atoms with van der Waals surface area (Å²) >= 11 is 3.58. The van der Waals surface area contributed by atoms with Crippen molar-refractivity contribution in [3.63, 3.8) is 0 Å². The van der Waals surface area contributed by atoms with Crippen LogP contribution in [0, 0.1) is 5.92 Å². The van der Waals surface area contributed by atoms with Crippen molar-refractivity contribution in [1.82, 2.24) is 5.32 Å². The van der Waals surface area contributed by atoms with Crippen LogP contribution in [0.4, 0.5) is 0 Å². The maximum absolute atomic E-state index is 5.30. The van der Waals surface area contributed by atoms with Gasteiger partial charge in [-0.1, -0.05) is 25.8 Å². The average Bonchev–Trinajstić information content (AvgIpc) is 3.01. The van der Waals surface area contributed by atoms with E-state index in [1.807, 2.05) is 0 Å². The summed E-state index contributed by atoms with van der Waals surface area (Å²) in [5, 5.41) is 3.78. The topological polar surface area (TPSA) is 21.3 Å². The van der Waals surface area contributed by atoms with Gasteiger partial charge in [-0.3, -0.25) is 0 Å². The largest absolute Gasteiger partial charge is 0.496 e. The minimum Gasteiger partial charge on any atom is -0.496 e. The molecule has 1 aromatic carbocycles. The van der Waals surface area contributed by atoms with Gasteiger partial charge >= 0.3 is 0 Å². The summed E-state index contributed by atoms with van der Waals surface area (Å²) in [4.78, 5) is 0. The Morgan fingerprint density at radius 3 is 2.71 bits per heavy atom. The molecule has 1 aliphatic carbocycles. The van der Waals surface area contributed by atoms with Gasteiger partial charge in [0.25, 0.3) is 0 Å². The van der Waals surface area contributed by atoms with Gasteiger partial charge in [0, 0.05) is 6.04 Å². The molecule has 0 bridgehead atoms. The first kappa shape index (κ1) is 16.8. The smallest absolute Gasteiger partial charge is 0.133 e. The molecule has 1 saturated carbocycles. The number of benzene rings is 1. The van der Waals surface area contributed by atoms with Crippen molar-refractivity contribution in [3.05, 3.63) is 28.2 Å². The van der Waals surface area contributed by atoms with Crippen molar-refractivity contribution in [2.45, 2.75) is 57.9 Å². The van der Waals surface area contributed by atoms with Crippen molar-refractivity contribution in [3.8, 4) is 5.75 Å². The fourth-order valence-electron chi connectivity index (χ4n) is 3.38. The van der Waals surface area contributed by atoms with E-state index in [2.05, 4.69) is 46.4 Å². The van der Waals surface area contributed by atoms with Crippen molar-refractivity contribution in [2.75, 3.05) is 13.7 Å². The third kappa shape index (κ3) is 5.00. The highest BCUT2D eigenvalue weighted by molar-refractivity contribution is 9.10. The summed E-state index contributed by atoms with van der Waals surface area (Å²) in [6.07, 6.45) is 9.26. The first-order valence-electron chi connectivity index (χ1n) is 8.30. The zero-order valence-electron chi connectivity index (χ0n) is 13.3. The van der Waals surface area contributed by atoms with Crippen LogP contribution >= 0.6 is 15.9 Å². The van der Waals surface area contributed by atoms with Crippen LogP contribution in [0.1, 0.15) is 51.0 Å². The Labute approximate surface area is 137 Å². The second-order valence-electron chi connectivity index (χ2n) is 6.11. The van der Waals surface area contributed by atoms with Crippen LogP contribution in [0.2, 0.25) is 0 Å². The number of hydrogen-bond donors (Lipinski definition) is 1. The average molecular weight is 354 g/mol. The molecule has 118 valence electrons. The standard InChI is InChI=1S/C18H28BrNO/c1-3-12-20-17(15-6-4-5-7-15)10-8-14-9-11-18(21-2)16(19)13-14/h9,11,13,15,17,20H,3-8,10,12H2,1-2H3. The van der Waals surface area contributed by atoms with Gasteiger partial charge in [-0.2, -0.15) is 0 Å². The molecule has 21 heavy (non-hydrogen) atoms. The first-order chi connectivity index (χ1) is 10.2. The second kappa shape index (κ2) is 8.79. The van der Waals surface area contributed by atoms with Gasteiger partial charge in [0.2, 0.25) is 0 Å². The Balaban J connectivity index is 1.92. The molecular weight excluding hydrogens is 326 g/mol. The van der Waals surface area contributed by atoms with Gasteiger partial charge in [-0.05, 0) is 78.2 Å². The normalized spacial score (nSPS) is 17.1. The number of rotatable bonds is 8. The quantitative estimate of drug-likeness (QED) is 0.713. The highest BCUT2D eigenvalue weighted by atomic mass is 79.9. The zero-order chi connectivity index (χ0) is 15.1. The highest BCUT2D eigenvalue weighted by Gasteiger charge is 2.24. The molecule has 2 rings (SSSR count). The summed E-state index contributed by atoms with van der Waals surface area (Å²) in [5.74, 6) is 1.80. The molecule has 1 N–H and O–H groups in total. The maximum Gasteiger partial charge on any atom is 0.133 e. The fraction of sp³-hybridized carbons (Fsp3) is 0.667. The monoisotopic (exact) mass is 353 g/mol. The third-order valence-corrected chi connectivity index (χ3v) is 5.21. The second-order valence-corrected chi connectivity index (χ2v) is 6.97. The molecule has 0 saturated heterocycles. The number of hydrogen-bond acceptors (Lipinski definition) is 2. The molecule has 0 heterocycles. The minimum absolute atomic E-state index is 0.688. The molecule has 1 aliphatic rings. The number of halogens is 1. The predicted molar refractivity (Wildman–Crippen MR) is 93.1 cm³/mol. The molecule has 1 fully saturated rings. The van der Waals surface area contributed by atoms with Gasteiger partial charge in [-0.15, -0.1) is 0 Å². The van der Waals surface area contributed by atoms with E-state index in [-0.39, 0.29) is 0 Å². The molecule has 0 amide bonds. The molecule has 0 radical (unpaired) electrons. The summed E-state index contributed by atoms with van der Waals surface area (Å²) in [6.45, 7) is 3.40. The zero-order valence-corrected chi connectivity index (χ0v) is 14.9. The van der Waals surface area contributed by atoms with Crippen LogP contribution in [0.15, 0.2) is 22.7 Å². The van der Waals surface area contributed by atoms with Crippen LogP contribution in [0.5, 0.6) is 5.75 Å². The lowest BCUT2D eigenvalue weighted by molar-refractivity contribution is 0.340. The Morgan fingerprint density at radius 1 is 1.33 bits per heavy atom. The Hall–Kier alpha value is -0.540. The summed E-state index contributed by atoms with van der Waals surface area (Å²) in [5.41, 5.74) is 1.39. The van der Waals surface area contributed by atoms with Crippen LogP contribution in [-0.2, 0) is 6.42 Å². The number of aryl methyl sites for hydroxylation is 1. The Morgan fingerprint density at radius 2 is 2.10 bits per heavy atom. The highest BCUT2D eigenvalue weighted by Crippen LogP contribution is 2.30. The summed E-state index contributed by atoms with van der Waals surface area (Å²) in [6, 6.07) is 7.14. The summed E-state index contributed by atoms with van der Waals surface area (Å²) < 4.78 is 6.36. The maximum atomic E-state index is 5.30. The number of ether oxygens (including phenoxy) is 1. The lowest BCUT2D eigenvalue weighted by Gasteiger charge is -2.25. The van der Waals surface area contributed by atoms with Crippen LogP contribution in [0.25, 0.3) is 0 Å². The predicted octanol–water partition coefficient (Wildman–Crippen LogP) is 4.95. The summed E-state index contributed by atoms with van der Waals surface area (Å²) in [7, 11) is 1.71. The van der Waals surface area contributed by atoms with Gasteiger partial charge < -0.3 is 10.1 Å². The fourth-order valence-corrected chi connectivity index (χ4v) is 3.97. The number of methoxy groups -OCH3 is 1. The molecule has 1 aromatic rings. The van der Waals surface area contributed by atoms with E-state index in [0.29, 0.717) is 6.04 Å². The molecular formula is C18H28BrNO. The lowest BCUT2D eigenvalue weighted by atomic mass is 9.92. The molecule has 2 nitrogen and oxygen atoms in total. The van der Waals surface area contributed by atoms with Crippen LogP contribution in [0.3, 0.4) is 0 Å².